The van der Waals surface area contributed by atoms with Crippen molar-refractivity contribution in [3.63, 3.8) is 0 Å². The Labute approximate surface area is 135 Å². The van der Waals surface area contributed by atoms with Gasteiger partial charge >= 0.3 is 0 Å². The Kier molecular flexibility index (Phi) is 6.83. The first kappa shape index (κ1) is 19.8. The molecule has 12 nitrogen and oxygen atoms in total. The van der Waals surface area contributed by atoms with E-state index in [-0.39, 0.29) is 0 Å². The normalized spacial score (nSPS) is 50.0. The molecule has 0 aromatic rings. The van der Waals surface area contributed by atoms with Crippen LogP contribution in [0.4, 0.5) is 0 Å². The van der Waals surface area contributed by atoms with E-state index in [9.17, 15) is 30.6 Å². The number of hydrogen-bond acceptors (Lipinski definition) is 12. The molecular weight excluding hydrogens is 336 g/mol. The van der Waals surface area contributed by atoms with Crippen LogP contribution in [0.3, 0.4) is 0 Å². The van der Waals surface area contributed by atoms with Crippen LogP contribution in [-0.2, 0) is 19.1 Å². The van der Waals surface area contributed by atoms with Crippen molar-refractivity contribution in [1.82, 2.24) is 0 Å². The maximum Gasteiger partial charge on any atom is 0.187 e. The van der Waals surface area contributed by atoms with Gasteiger partial charge in [-0.25, -0.2) is 4.89 Å². The fraction of sp³-hybridized carbons (Fsp3) is 1.00. The fourth-order valence-corrected chi connectivity index (χ4v) is 2.68. The van der Waals surface area contributed by atoms with Gasteiger partial charge in [0.1, 0.15) is 42.7 Å². The van der Waals surface area contributed by atoms with Crippen LogP contribution in [0.15, 0.2) is 0 Å². The highest BCUT2D eigenvalue weighted by molar-refractivity contribution is 4.93. The molecule has 0 unspecified atom stereocenters. The molecule has 0 bridgehead atoms. The third kappa shape index (κ3) is 3.70. The molecule has 2 aliphatic heterocycles. The molecule has 24 heavy (non-hydrogen) atoms. The van der Waals surface area contributed by atoms with Gasteiger partial charge in [0.25, 0.3) is 0 Å². The smallest absolute Gasteiger partial charge is 0.187 e. The molecule has 0 aromatic heterocycles. The third-order valence-electron chi connectivity index (χ3n) is 4.07. The van der Waals surface area contributed by atoms with Crippen LogP contribution in [-0.4, -0.2) is 116 Å². The maximum atomic E-state index is 10.0. The predicted octanol–water partition coefficient (Wildman–Crippen LogP) is -4.90. The molecule has 0 aromatic carbocycles. The van der Waals surface area contributed by atoms with E-state index in [2.05, 4.69) is 4.89 Å². The zero-order chi connectivity index (χ0) is 18.0. The summed E-state index contributed by atoms with van der Waals surface area (Å²) in [4.78, 5) is 3.98. The van der Waals surface area contributed by atoms with Gasteiger partial charge in [-0.2, -0.15) is 0 Å². The molecule has 8 N–H and O–H groups in total. The molecule has 0 radical (unpaired) electrons. The van der Waals surface area contributed by atoms with Crippen LogP contribution >= 0.6 is 0 Å². The first-order chi connectivity index (χ1) is 11.3. The Morgan fingerprint density at radius 1 is 0.708 bits per heavy atom. The lowest BCUT2D eigenvalue weighted by Gasteiger charge is -2.45. The largest absolute Gasteiger partial charge is 0.394 e. The van der Waals surface area contributed by atoms with Gasteiger partial charge in [-0.1, -0.05) is 0 Å². The van der Waals surface area contributed by atoms with Crippen LogP contribution in [0, 0.1) is 0 Å². The van der Waals surface area contributed by atoms with E-state index < -0.39 is 74.6 Å². The van der Waals surface area contributed by atoms with Crippen molar-refractivity contribution in [2.75, 3.05) is 13.2 Å². The first-order valence-electron chi connectivity index (χ1n) is 7.24. The second-order valence-corrected chi connectivity index (χ2v) is 5.61. The number of aliphatic hydroxyl groups excluding tert-OH is 7. The molecule has 10 atom stereocenters. The highest BCUT2D eigenvalue weighted by atomic mass is 17.1. The lowest BCUT2D eigenvalue weighted by molar-refractivity contribution is -0.393. The molecule has 0 amide bonds. The zero-order valence-electron chi connectivity index (χ0n) is 12.4. The van der Waals surface area contributed by atoms with Gasteiger partial charge in [0.05, 0.1) is 13.2 Å². The van der Waals surface area contributed by atoms with E-state index in [4.69, 9.17) is 24.6 Å². The van der Waals surface area contributed by atoms with Crippen LogP contribution < -0.4 is 0 Å². The summed E-state index contributed by atoms with van der Waals surface area (Å²) in [5, 5.41) is 76.1. The topological polar surface area (TPSA) is 199 Å². The average molecular weight is 358 g/mol. The standard InChI is InChI=1S/C12H22O12/c13-1-3-5(15)10(24-20)8(18)12(22-3)23-9-4(2-14)21-11(19)7(17)6(9)16/h3-20H,1-2H2/t3-,4-,5-,6-,7-,8-,9-,10+,11+,12-/m1/s1. The quantitative estimate of drug-likeness (QED) is 0.172. The van der Waals surface area contributed by atoms with Gasteiger partial charge in [-0.15, -0.1) is 0 Å². The third-order valence-corrected chi connectivity index (χ3v) is 4.07. The Morgan fingerprint density at radius 3 is 1.88 bits per heavy atom. The minimum Gasteiger partial charge on any atom is -0.394 e. The molecule has 142 valence electrons. The lowest BCUT2D eigenvalue weighted by Crippen LogP contribution is -2.64. The Morgan fingerprint density at radius 2 is 1.33 bits per heavy atom. The van der Waals surface area contributed by atoms with Crippen molar-refractivity contribution >= 4 is 0 Å². The molecule has 0 aliphatic carbocycles. The van der Waals surface area contributed by atoms with E-state index in [0.717, 1.165) is 0 Å². The van der Waals surface area contributed by atoms with E-state index in [1.807, 2.05) is 0 Å². The van der Waals surface area contributed by atoms with Gasteiger partial charge < -0.3 is 50.0 Å². The van der Waals surface area contributed by atoms with Crippen molar-refractivity contribution in [2.24, 2.45) is 0 Å². The van der Waals surface area contributed by atoms with Crippen molar-refractivity contribution in [3.05, 3.63) is 0 Å². The summed E-state index contributed by atoms with van der Waals surface area (Å²) in [5.74, 6) is 0. The lowest BCUT2D eigenvalue weighted by atomic mass is 9.97. The summed E-state index contributed by atoms with van der Waals surface area (Å²) < 4.78 is 15.3. The van der Waals surface area contributed by atoms with Gasteiger partial charge in [0.2, 0.25) is 0 Å². The molecule has 2 saturated heterocycles. The second-order valence-electron chi connectivity index (χ2n) is 5.61. The van der Waals surface area contributed by atoms with Gasteiger partial charge in [0, 0.05) is 0 Å². The molecule has 0 spiro atoms. The van der Waals surface area contributed by atoms with Gasteiger partial charge in [-0.05, 0) is 0 Å². The summed E-state index contributed by atoms with van der Waals surface area (Å²) in [6, 6.07) is 0. The van der Waals surface area contributed by atoms with Crippen LogP contribution in [0.5, 0.6) is 0 Å². The Balaban J connectivity index is 2.14. The van der Waals surface area contributed by atoms with Crippen LogP contribution in [0.25, 0.3) is 0 Å². The SMILES string of the molecule is OC[C@H]1O[C@H](O[C@H]2[C@H](O)[C@@H](O)[C@@H](O)O[C@@H]2CO)[C@H](O)[C@@H](OO)[C@@H]1O. The highest BCUT2D eigenvalue weighted by Crippen LogP contribution is 2.29. The zero-order valence-corrected chi connectivity index (χ0v) is 12.4. The van der Waals surface area contributed by atoms with E-state index in [1.165, 1.54) is 0 Å². The summed E-state index contributed by atoms with van der Waals surface area (Å²) in [6.45, 7) is -1.39. The Bertz CT molecular complexity index is 394. The van der Waals surface area contributed by atoms with Gasteiger partial charge in [0.15, 0.2) is 18.7 Å². The number of rotatable bonds is 5. The van der Waals surface area contributed by atoms with Crippen LogP contribution in [0.1, 0.15) is 0 Å². The summed E-state index contributed by atoms with van der Waals surface area (Å²) in [7, 11) is 0. The highest BCUT2D eigenvalue weighted by Gasteiger charge is 2.51. The first-order valence-corrected chi connectivity index (χ1v) is 7.24. The van der Waals surface area contributed by atoms with Crippen LogP contribution in [0.2, 0.25) is 0 Å². The molecule has 2 rings (SSSR count). The average Bonchev–Trinajstić information content (AvgIpc) is 2.57. The molecule has 2 fully saturated rings. The van der Waals surface area contributed by atoms with E-state index >= 15 is 0 Å². The minimum absolute atomic E-state index is 0.692. The molecule has 0 saturated carbocycles. The number of aliphatic hydroxyl groups is 7. The van der Waals surface area contributed by atoms with E-state index in [1.54, 1.807) is 0 Å². The fourth-order valence-electron chi connectivity index (χ4n) is 2.68. The summed E-state index contributed by atoms with van der Waals surface area (Å²) in [6.07, 6.45) is -15.7. The Hall–Kier alpha value is -0.480. The van der Waals surface area contributed by atoms with Crippen molar-refractivity contribution in [1.29, 1.82) is 0 Å². The maximum absolute atomic E-state index is 10.0. The summed E-state index contributed by atoms with van der Waals surface area (Å²) in [5.41, 5.74) is 0. The molecular formula is C12H22O12. The van der Waals surface area contributed by atoms with Gasteiger partial charge in [-0.3, -0.25) is 5.26 Å². The molecule has 2 aliphatic rings. The van der Waals surface area contributed by atoms with E-state index in [0.29, 0.717) is 0 Å². The van der Waals surface area contributed by atoms with Crippen molar-refractivity contribution in [3.8, 4) is 0 Å². The molecule has 2 heterocycles. The van der Waals surface area contributed by atoms with Crippen molar-refractivity contribution < 1.29 is 60.1 Å². The molecule has 12 heteroatoms. The number of ether oxygens (including phenoxy) is 3. The van der Waals surface area contributed by atoms with Crippen molar-refractivity contribution in [2.45, 2.75) is 61.4 Å². The summed E-state index contributed by atoms with van der Waals surface area (Å²) >= 11 is 0. The predicted molar refractivity (Wildman–Crippen MR) is 70.1 cm³/mol. The second kappa shape index (κ2) is 8.27. The number of hydrogen-bond donors (Lipinski definition) is 8. The monoisotopic (exact) mass is 358 g/mol. The minimum atomic E-state index is -1.75.